The molecule has 28 heavy (non-hydrogen) atoms. The summed E-state index contributed by atoms with van der Waals surface area (Å²) >= 11 is 0. The Morgan fingerprint density at radius 2 is 1.86 bits per heavy atom. The number of nitrogens with zero attached hydrogens (tertiary/aromatic N) is 1. The molecular weight excluding hydrogens is 354 g/mol. The van der Waals surface area contributed by atoms with Gasteiger partial charge in [-0.2, -0.15) is 4.57 Å². The number of pyridine rings is 1. The molecule has 3 aromatic rings. The number of aryl methyl sites for hydroxylation is 3. The summed E-state index contributed by atoms with van der Waals surface area (Å²) in [5.41, 5.74) is 5.19. The zero-order valence-corrected chi connectivity index (χ0v) is 16.5. The highest BCUT2D eigenvalue weighted by Crippen LogP contribution is 2.43. The van der Waals surface area contributed by atoms with Crippen molar-refractivity contribution >= 4 is 10.8 Å². The van der Waals surface area contributed by atoms with Gasteiger partial charge in [0.05, 0.1) is 25.2 Å². The second-order valence-corrected chi connectivity index (χ2v) is 7.27. The minimum atomic E-state index is 0.300. The number of methoxy groups -OCH3 is 2. The molecule has 0 amide bonds. The molecule has 2 aromatic carbocycles. The van der Waals surface area contributed by atoms with Gasteiger partial charge >= 0.3 is 0 Å². The lowest BCUT2D eigenvalue weighted by Gasteiger charge is -2.20. The van der Waals surface area contributed by atoms with Crippen molar-refractivity contribution in [2.45, 2.75) is 32.7 Å². The standard InChI is InChI=1S/C23H24NO4/c1-4-5-16-15-6-7-19(25-2)23(26-3)18(15)12-24-9-8-14-10-20-21(28-13-27-20)11-17(14)22(16)24/h6-7,10-12H,4-5,8-9,13H2,1-3H3/q+1. The third-order valence-electron chi connectivity index (χ3n) is 5.74. The van der Waals surface area contributed by atoms with Crippen LogP contribution in [0.1, 0.15) is 24.5 Å². The van der Waals surface area contributed by atoms with E-state index >= 15 is 0 Å². The van der Waals surface area contributed by atoms with Crippen molar-refractivity contribution < 1.29 is 23.5 Å². The Balaban J connectivity index is 1.83. The van der Waals surface area contributed by atoms with Gasteiger partial charge in [0.2, 0.25) is 12.5 Å². The molecule has 2 aliphatic heterocycles. The van der Waals surface area contributed by atoms with E-state index in [1.165, 1.54) is 27.8 Å². The van der Waals surface area contributed by atoms with Gasteiger partial charge in [0.15, 0.2) is 35.7 Å². The van der Waals surface area contributed by atoms with Crippen molar-refractivity contribution in [1.29, 1.82) is 0 Å². The summed E-state index contributed by atoms with van der Waals surface area (Å²) in [6.45, 7) is 3.45. The lowest BCUT2D eigenvalue weighted by atomic mass is 9.89. The molecule has 3 heterocycles. The van der Waals surface area contributed by atoms with E-state index in [1.54, 1.807) is 14.2 Å². The number of ether oxygens (including phenoxy) is 4. The van der Waals surface area contributed by atoms with Crippen LogP contribution in [-0.2, 0) is 19.4 Å². The van der Waals surface area contributed by atoms with E-state index in [4.69, 9.17) is 18.9 Å². The van der Waals surface area contributed by atoms with Crippen LogP contribution in [0.3, 0.4) is 0 Å². The molecule has 0 N–H and O–H groups in total. The quantitative estimate of drug-likeness (QED) is 0.643. The largest absolute Gasteiger partial charge is 0.493 e. The van der Waals surface area contributed by atoms with E-state index in [-0.39, 0.29) is 0 Å². The Bertz CT molecular complexity index is 1090. The molecule has 2 aliphatic rings. The number of rotatable bonds is 4. The van der Waals surface area contributed by atoms with Gasteiger partial charge in [-0.1, -0.05) is 13.3 Å². The Hall–Kier alpha value is -2.95. The van der Waals surface area contributed by atoms with Crippen LogP contribution in [0.5, 0.6) is 23.0 Å². The lowest BCUT2D eigenvalue weighted by molar-refractivity contribution is -0.686. The minimum Gasteiger partial charge on any atom is -0.493 e. The first-order chi connectivity index (χ1) is 13.7. The maximum Gasteiger partial charge on any atom is 0.231 e. The fraction of sp³-hybridized carbons (Fsp3) is 0.348. The zero-order chi connectivity index (χ0) is 19.3. The average Bonchev–Trinajstić information content (AvgIpc) is 3.18. The second-order valence-electron chi connectivity index (χ2n) is 7.27. The Kier molecular flexibility index (Phi) is 4.04. The first-order valence-corrected chi connectivity index (χ1v) is 9.78. The highest BCUT2D eigenvalue weighted by Gasteiger charge is 2.31. The fourth-order valence-corrected chi connectivity index (χ4v) is 4.51. The number of benzene rings is 2. The van der Waals surface area contributed by atoms with Crippen LogP contribution in [-0.4, -0.2) is 21.0 Å². The maximum atomic E-state index is 5.73. The summed E-state index contributed by atoms with van der Waals surface area (Å²) in [4.78, 5) is 0. The second kappa shape index (κ2) is 6.59. The average molecular weight is 378 g/mol. The summed E-state index contributed by atoms with van der Waals surface area (Å²) < 4.78 is 24.9. The highest BCUT2D eigenvalue weighted by molar-refractivity contribution is 5.95. The molecule has 144 valence electrons. The molecule has 0 atom stereocenters. The first kappa shape index (κ1) is 17.2. The van der Waals surface area contributed by atoms with Gasteiger partial charge in [-0.25, -0.2) is 0 Å². The number of hydrogen-bond donors (Lipinski definition) is 0. The molecule has 5 nitrogen and oxygen atoms in total. The third kappa shape index (κ3) is 2.42. The Labute approximate surface area is 164 Å². The molecule has 5 rings (SSSR count). The summed E-state index contributed by atoms with van der Waals surface area (Å²) in [5.74, 6) is 3.25. The van der Waals surface area contributed by atoms with E-state index in [2.05, 4.69) is 35.9 Å². The zero-order valence-electron chi connectivity index (χ0n) is 16.5. The summed E-state index contributed by atoms with van der Waals surface area (Å²) in [6, 6.07) is 8.45. The van der Waals surface area contributed by atoms with E-state index in [9.17, 15) is 0 Å². The van der Waals surface area contributed by atoms with E-state index in [0.717, 1.165) is 54.2 Å². The van der Waals surface area contributed by atoms with Crippen LogP contribution in [0.15, 0.2) is 30.5 Å². The van der Waals surface area contributed by atoms with E-state index in [0.29, 0.717) is 6.79 Å². The van der Waals surface area contributed by atoms with Crippen LogP contribution < -0.4 is 23.5 Å². The Morgan fingerprint density at radius 1 is 1.04 bits per heavy atom. The predicted octanol–water partition coefficient (Wildman–Crippen LogP) is 4.05. The molecule has 5 heteroatoms. The smallest absolute Gasteiger partial charge is 0.231 e. The van der Waals surface area contributed by atoms with Crippen molar-refractivity contribution in [3.63, 3.8) is 0 Å². The van der Waals surface area contributed by atoms with E-state index in [1.807, 2.05) is 6.07 Å². The molecule has 0 unspecified atom stereocenters. The summed E-state index contributed by atoms with van der Waals surface area (Å²) in [7, 11) is 3.39. The predicted molar refractivity (Wildman–Crippen MR) is 107 cm³/mol. The van der Waals surface area contributed by atoms with E-state index < -0.39 is 0 Å². The lowest BCUT2D eigenvalue weighted by Crippen LogP contribution is -2.41. The van der Waals surface area contributed by atoms with Gasteiger partial charge in [-0.3, -0.25) is 0 Å². The molecule has 0 saturated heterocycles. The van der Waals surface area contributed by atoms with Gasteiger partial charge in [0.1, 0.15) is 0 Å². The molecule has 0 radical (unpaired) electrons. The van der Waals surface area contributed by atoms with Gasteiger partial charge in [0.25, 0.3) is 0 Å². The molecule has 0 spiro atoms. The normalized spacial score (nSPS) is 14.0. The third-order valence-corrected chi connectivity index (χ3v) is 5.74. The van der Waals surface area contributed by atoms with Crippen LogP contribution in [0.25, 0.3) is 22.0 Å². The Morgan fingerprint density at radius 3 is 2.61 bits per heavy atom. The number of aromatic nitrogens is 1. The van der Waals surface area contributed by atoms with Crippen molar-refractivity contribution in [2.24, 2.45) is 0 Å². The summed E-state index contributed by atoms with van der Waals surface area (Å²) in [5, 5.41) is 2.31. The van der Waals surface area contributed by atoms with Gasteiger partial charge in [-0.05, 0) is 36.2 Å². The van der Waals surface area contributed by atoms with Gasteiger partial charge in [0, 0.05) is 17.4 Å². The highest BCUT2D eigenvalue weighted by atomic mass is 16.7. The first-order valence-electron chi connectivity index (χ1n) is 9.78. The summed E-state index contributed by atoms with van der Waals surface area (Å²) in [6.07, 6.45) is 5.24. The molecule has 1 aromatic heterocycles. The van der Waals surface area contributed by atoms with Crippen molar-refractivity contribution in [3.8, 4) is 34.3 Å². The fourth-order valence-electron chi connectivity index (χ4n) is 4.51. The molecule has 0 saturated carbocycles. The van der Waals surface area contributed by atoms with Crippen molar-refractivity contribution in [3.05, 3.63) is 41.6 Å². The minimum absolute atomic E-state index is 0.300. The molecule has 0 fully saturated rings. The molecular formula is C23H24NO4+. The number of fused-ring (bicyclic) bond motifs is 5. The molecule has 0 aliphatic carbocycles. The number of hydrogen-bond acceptors (Lipinski definition) is 4. The maximum absolute atomic E-state index is 5.73. The van der Waals surface area contributed by atoms with Crippen LogP contribution in [0.2, 0.25) is 0 Å². The van der Waals surface area contributed by atoms with Gasteiger partial charge in [-0.15, -0.1) is 0 Å². The monoisotopic (exact) mass is 378 g/mol. The topological polar surface area (TPSA) is 40.8 Å². The van der Waals surface area contributed by atoms with Crippen LogP contribution in [0, 0.1) is 0 Å². The molecule has 0 bridgehead atoms. The van der Waals surface area contributed by atoms with Crippen LogP contribution >= 0.6 is 0 Å². The SMILES string of the molecule is CCCc1c2[n+](cc3c(OC)c(OC)ccc13)CCc1cc3c(cc1-2)OCO3. The van der Waals surface area contributed by atoms with Crippen molar-refractivity contribution in [1.82, 2.24) is 0 Å². The van der Waals surface area contributed by atoms with Gasteiger partial charge < -0.3 is 18.9 Å². The van der Waals surface area contributed by atoms with Crippen LogP contribution in [0.4, 0.5) is 0 Å². The van der Waals surface area contributed by atoms with Crippen molar-refractivity contribution in [2.75, 3.05) is 21.0 Å².